The number of fused-ring (bicyclic) bond motifs is 1. The minimum Gasteiger partial charge on any atom is -0.486 e. The first-order valence-corrected chi connectivity index (χ1v) is 10.7. The van der Waals surface area contributed by atoms with Crippen molar-refractivity contribution in [3.8, 4) is 11.5 Å². The predicted octanol–water partition coefficient (Wildman–Crippen LogP) is 0.931. The average Bonchev–Trinajstić information content (AvgIpc) is 3.17. The normalized spacial score (nSPS) is 20.3. The fourth-order valence-electron chi connectivity index (χ4n) is 3.67. The van der Waals surface area contributed by atoms with E-state index in [1.54, 1.807) is 25.1 Å². The molecule has 2 aliphatic rings. The van der Waals surface area contributed by atoms with Crippen LogP contribution in [-0.2, 0) is 19.2 Å². The molecule has 3 amide bonds. The van der Waals surface area contributed by atoms with Crippen LogP contribution in [0.25, 0.3) is 0 Å². The van der Waals surface area contributed by atoms with Crippen LogP contribution in [0, 0.1) is 11.8 Å². The summed E-state index contributed by atoms with van der Waals surface area (Å²) in [5.41, 5.74) is 0.612. The molecule has 4 atom stereocenters. The number of aliphatic carboxylic acids is 1. The van der Waals surface area contributed by atoms with Crippen LogP contribution in [0.4, 0.5) is 5.69 Å². The fourth-order valence-corrected chi connectivity index (χ4v) is 3.67. The van der Waals surface area contributed by atoms with Crippen LogP contribution in [0.5, 0.6) is 11.5 Å². The van der Waals surface area contributed by atoms with Crippen molar-refractivity contribution in [1.29, 1.82) is 0 Å². The zero-order chi connectivity index (χ0) is 23.4. The van der Waals surface area contributed by atoms with Crippen molar-refractivity contribution in [3.63, 3.8) is 0 Å². The van der Waals surface area contributed by atoms with E-state index < -0.39 is 35.8 Å². The van der Waals surface area contributed by atoms with Gasteiger partial charge in [0.2, 0.25) is 17.7 Å². The monoisotopic (exact) mass is 447 g/mol. The highest BCUT2D eigenvalue weighted by atomic mass is 16.6. The Labute approximate surface area is 186 Å². The molecule has 0 radical (unpaired) electrons. The lowest BCUT2D eigenvalue weighted by Crippen LogP contribution is -2.54. The summed E-state index contributed by atoms with van der Waals surface area (Å²) in [6.07, 6.45) is 0.618. The molecular weight excluding hydrogens is 418 g/mol. The number of nitrogens with one attached hydrogen (secondary N) is 2. The van der Waals surface area contributed by atoms with Gasteiger partial charge in [0.05, 0.1) is 5.92 Å². The zero-order valence-electron chi connectivity index (χ0n) is 18.4. The summed E-state index contributed by atoms with van der Waals surface area (Å²) in [6.45, 7) is 6.10. The number of benzene rings is 1. The first-order valence-electron chi connectivity index (χ1n) is 10.7. The van der Waals surface area contributed by atoms with Gasteiger partial charge in [-0.05, 0) is 25.0 Å². The molecule has 1 aromatic carbocycles. The van der Waals surface area contributed by atoms with Gasteiger partial charge in [-0.2, -0.15) is 0 Å². The van der Waals surface area contributed by atoms with Crippen molar-refractivity contribution in [2.45, 2.75) is 45.7 Å². The van der Waals surface area contributed by atoms with E-state index in [1.165, 1.54) is 11.8 Å². The molecule has 1 aromatic rings. The molecule has 2 heterocycles. The van der Waals surface area contributed by atoms with Crippen molar-refractivity contribution < 1.29 is 33.8 Å². The van der Waals surface area contributed by atoms with Gasteiger partial charge in [-0.25, -0.2) is 0 Å². The van der Waals surface area contributed by atoms with Crippen LogP contribution < -0.4 is 25.0 Å². The summed E-state index contributed by atoms with van der Waals surface area (Å²) in [5.74, 6) is -2.03. The van der Waals surface area contributed by atoms with Crippen LogP contribution in [0.15, 0.2) is 18.2 Å². The van der Waals surface area contributed by atoms with Crippen LogP contribution in [0.3, 0.4) is 0 Å². The number of carbonyl (C=O) groups is 4. The minimum absolute atomic E-state index is 0.0145. The lowest BCUT2D eigenvalue weighted by Gasteiger charge is -2.26. The Hall–Kier alpha value is -3.30. The van der Waals surface area contributed by atoms with Gasteiger partial charge in [-0.15, -0.1) is 0 Å². The maximum Gasteiger partial charge on any atom is 0.325 e. The summed E-state index contributed by atoms with van der Waals surface area (Å²) < 4.78 is 11.1. The summed E-state index contributed by atoms with van der Waals surface area (Å²) in [5, 5.41) is 14.2. The van der Waals surface area contributed by atoms with E-state index >= 15 is 0 Å². The Kier molecular flexibility index (Phi) is 7.22. The van der Waals surface area contributed by atoms with Crippen molar-refractivity contribution >= 4 is 29.4 Å². The molecule has 3 N–H and O–H groups in total. The van der Waals surface area contributed by atoms with E-state index in [0.29, 0.717) is 36.8 Å². The molecule has 10 nitrogen and oxygen atoms in total. The topological polar surface area (TPSA) is 134 Å². The highest BCUT2D eigenvalue weighted by Crippen LogP contribution is 2.36. The van der Waals surface area contributed by atoms with Gasteiger partial charge in [-0.1, -0.05) is 20.3 Å². The molecule has 0 aromatic heterocycles. The van der Waals surface area contributed by atoms with E-state index in [-0.39, 0.29) is 24.8 Å². The quantitative estimate of drug-likeness (QED) is 0.540. The van der Waals surface area contributed by atoms with Crippen LogP contribution in [0.1, 0.15) is 33.6 Å². The molecule has 1 saturated heterocycles. The maximum absolute atomic E-state index is 12.9. The average molecular weight is 447 g/mol. The van der Waals surface area contributed by atoms with Gasteiger partial charge in [0, 0.05) is 24.7 Å². The van der Waals surface area contributed by atoms with Gasteiger partial charge in [-0.3, -0.25) is 19.2 Å². The maximum atomic E-state index is 12.9. The number of carboxylic acid groups (broad SMARTS) is 1. The Morgan fingerprint density at radius 3 is 2.50 bits per heavy atom. The molecule has 0 spiro atoms. The number of anilines is 1. The lowest BCUT2D eigenvalue weighted by atomic mass is 9.96. The summed E-state index contributed by atoms with van der Waals surface area (Å²) in [6, 6.07) is 3.22. The standard InChI is InChI=1S/C22H29N3O7/c1-4-12(2)19(21(28)23-13(3)22(29)30)24-20(27)14-9-18(26)25(11-14)15-5-6-16-17(10-15)32-8-7-31-16/h5-6,10,12-14,19H,4,7-9,11H2,1-3H3,(H,23,28)(H,24,27)(H,29,30)/t12-,13-,14+,19-/m0/s1. The lowest BCUT2D eigenvalue weighted by molar-refractivity contribution is -0.142. The highest BCUT2D eigenvalue weighted by Gasteiger charge is 2.38. The largest absolute Gasteiger partial charge is 0.486 e. The first kappa shape index (κ1) is 23.4. The second kappa shape index (κ2) is 9.88. The van der Waals surface area contributed by atoms with Crippen molar-refractivity contribution in [2.24, 2.45) is 11.8 Å². The number of carboxylic acids is 1. The van der Waals surface area contributed by atoms with Crippen molar-refractivity contribution in [1.82, 2.24) is 10.6 Å². The van der Waals surface area contributed by atoms with Crippen LogP contribution in [0.2, 0.25) is 0 Å². The number of carbonyl (C=O) groups excluding carboxylic acids is 3. The van der Waals surface area contributed by atoms with Crippen LogP contribution >= 0.6 is 0 Å². The fraction of sp³-hybridized carbons (Fsp3) is 0.545. The number of nitrogens with zero attached hydrogens (tertiary/aromatic N) is 1. The molecule has 1 fully saturated rings. The highest BCUT2D eigenvalue weighted by molar-refractivity contribution is 6.01. The Morgan fingerprint density at radius 2 is 1.84 bits per heavy atom. The minimum atomic E-state index is -1.16. The molecule has 174 valence electrons. The molecule has 2 aliphatic heterocycles. The Bertz CT molecular complexity index is 904. The number of amides is 3. The van der Waals surface area contributed by atoms with E-state index in [9.17, 15) is 19.2 Å². The zero-order valence-corrected chi connectivity index (χ0v) is 18.4. The summed E-state index contributed by atoms with van der Waals surface area (Å²) in [7, 11) is 0. The molecule has 0 bridgehead atoms. The number of rotatable bonds is 8. The third-order valence-electron chi connectivity index (χ3n) is 5.86. The summed E-state index contributed by atoms with van der Waals surface area (Å²) in [4.78, 5) is 50.7. The van der Waals surface area contributed by atoms with E-state index in [4.69, 9.17) is 14.6 Å². The molecule has 3 rings (SSSR count). The van der Waals surface area contributed by atoms with Gasteiger partial charge in [0.15, 0.2) is 11.5 Å². The predicted molar refractivity (Wildman–Crippen MR) is 115 cm³/mol. The van der Waals surface area contributed by atoms with Gasteiger partial charge in [0.25, 0.3) is 0 Å². The second-order valence-corrected chi connectivity index (χ2v) is 8.17. The van der Waals surface area contributed by atoms with Crippen molar-refractivity contribution in [2.75, 3.05) is 24.7 Å². The smallest absolute Gasteiger partial charge is 0.325 e. The Morgan fingerprint density at radius 1 is 1.16 bits per heavy atom. The molecule has 10 heteroatoms. The number of ether oxygens (including phenoxy) is 2. The van der Waals surface area contributed by atoms with E-state index in [1.807, 2.05) is 6.92 Å². The molecule has 0 unspecified atom stereocenters. The number of hydrogen-bond acceptors (Lipinski definition) is 6. The summed E-state index contributed by atoms with van der Waals surface area (Å²) >= 11 is 0. The first-order chi connectivity index (χ1) is 15.2. The second-order valence-electron chi connectivity index (χ2n) is 8.17. The van der Waals surface area contributed by atoms with Gasteiger partial charge in [0.1, 0.15) is 25.3 Å². The van der Waals surface area contributed by atoms with E-state index in [2.05, 4.69) is 10.6 Å². The number of hydrogen-bond donors (Lipinski definition) is 3. The molecule has 0 aliphatic carbocycles. The third kappa shape index (κ3) is 5.12. The van der Waals surface area contributed by atoms with Crippen molar-refractivity contribution in [3.05, 3.63) is 18.2 Å². The third-order valence-corrected chi connectivity index (χ3v) is 5.86. The molecule has 0 saturated carbocycles. The van der Waals surface area contributed by atoms with E-state index in [0.717, 1.165) is 0 Å². The van der Waals surface area contributed by atoms with Gasteiger partial charge >= 0.3 is 5.97 Å². The Balaban J connectivity index is 1.68. The van der Waals surface area contributed by atoms with Crippen LogP contribution in [-0.4, -0.2) is 60.6 Å². The molecule has 32 heavy (non-hydrogen) atoms. The SMILES string of the molecule is CC[C@H](C)[C@H](NC(=O)[C@@H]1CC(=O)N(c2ccc3c(c2)OCCO3)C1)C(=O)N[C@@H](C)C(=O)O. The van der Waals surface area contributed by atoms with Gasteiger partial charge < -0.3 is 30.1 Å². The molecular formula is C22H29N3O7.